The molecule has 1 fully saturated rings. The van der Waals surface area contributed by atoms with E-state index in [0.717, 1.165) is 0 Å². The molecule has 0 amide bonds. The summed E-state index contributed by atoms with van der Waals surface area (Å²) in [5.74, 6) is 0. The fourth-order valence-corrected chi connectivity index (χ4v) is 0.706. The van der Waals surface area contributed by atoms with Crippen LogP contribution >= 0.6 is 0 Å². The summed E-state index contributed by atoms with van der Waals surface area (Å²) in [4.78, 5) is 10.4. The summed E-state index contributed by atoms with van der Waals surface area (Å²) in [6, 6.07) is 0. The van der Waals surface area contributed by atoms with E-state index in [0.29, 0.717) is 6.61 Å². The fourth-order valence-electron chi connectivity index (χ4n) is 0.706. The second-order valence-electron chi connectivity index (χ2n) is 2.10. The first kappa shape index (κ1) is 7.91. The van der Waals surface area contributed by atoms with Crippen molar-refractivity contribution in [2.75, 3.05) is 13.2 Å². The van der Waals surface area contributed by atoms with E-state index < -0.39 is 6.16 Å². The predicted molar refractivity (Wildman–Crippen MR) is 37.0 cm³/mol. The first-order valence-electron chi connectivity index (χ1n) is 3.39. The van der Waals surface area contributed by atoms with Crippen LogP contribution in [0.4, 0.5) is 4.79 Å². The highest BCUT2D eigenvalue weighted by Gasteiger charge is 2.24. The lowest BCUT2D eigenvalue weighted by atomic mass is 10.4. The highest BCUT2D eigenvalue weighted by molar-refractivity contribution is 5.61. The Morgan fingerprint density at radius 2 is 2.64 bits per heavy atom. The molecule has 4 nitrogen and oxygen atoms in total. The molecule has 1 rings (SSSR count). The second kappa shape index (κ2) is 3.85. The standard InChI is InChI=1S/C7H10O4/c1-2-3-9-4-6-5-10-7(8)11-6/h2-3,6H,4-5H2,1H3/b3-2+. The molecule has 0 saturated carbocycles. The van der Waals surface area contributed by atoms with E-state index in [4.69, 9.17) is 4.74 Å². The summed E-state index contributed by atoms with van der Waals surface area (Å²) < 4.78 is 14.2. The fraction of sp³-hybridized carbons (Fsp3) is 0.571. The van der Waals surface area contributed by atoms with Gasteiger partial charge in [-0.3, -0.25) is 0 Å². The zero-order chi connectivity index (χ0) is 8.10. The third-order valence-electron chi connectivity index (χ3n) is 1.16. The van der Waals surface area contributed by atoms with E-state index in [1.165, 1.54) is 0 Å². The zero-order valence-corrected chi connectivity index (χ0v) is 6.28. The van der Waals surface area contributed by atoms with E-state index >= 15 is 0 Å². The van der Waals surface area contributed by atoms with Crippen LogP contribution in [0, 0.1) is 0 Å². The average Bonchev–Trinajstić information content (AvgIpc) is 2.37. The summed E-state index contributed by atoms with van der Waals surface area (Å²) in [7, 11) is 0. The van der Waals surface area contributed by atoms with Crippen molar-refractivity contribution < 1.29 is 19.0 Å². The highest BCUT2D eigenvalue weighted by atomic mass is 16.8. The molecule has 0 radical (unpaired) electrons. The Morgan fingerprint density at radius 3 is 3.18 bits per heavy atom. The van der Waals surface area contributed by atoms with Gasteiger partial charge in [-0.25, -0.2) is 4.79 Å². The SMILES string of the molecule is C/C=C/OCC1COC(=O)O1. The molecule has 0 aromatic carbocycles. The molecule has 0 bridgehead atoms. The van der Waals surface area contributed by atoms with E-state index in [9.17, 15) is 4.79 Å². The topological polar surface area (TPSA) is 44.8 Å². The summed E-state index contributed by atoms with van der Waals surface area (Å²) in [5, 5.41) is 0. The lowest BCUT2D eigenvalue weighted by Gasteiger charge is -2.03. The molecule has 0 aliphatic carbocycles. The third kappa shape index (κ3) is 2.49. The van der Waals surface area contributed by atoms with Crippen LogP contribution < -0.4 is 0 Å². The van der Waals surface area contributed by atoms with E-state index in [-0.39, 0.29) is 12.7 Å². The highest BCUT2D eigenvalue weighted by Crippen LogP contribution is 2.05. The first-order chi connectivity index (χ1) is 5.33. The minimum absolute atomic E-state index is 0.251. The maximum atomic E-state index is 10.4. The van der Waals surface area contributed by atoms with Crippen molar-refractivity contribution in [3.05, 3.63) is 12.3 Å². The van der Waals surface area contributed by atoms with Gasteiger partial charge < -0.3 is 14.2 Å². The van der Waals surface area contributed by atoms with Crippen molar-refractivity contribution in [3.63, 3.8) is 0 Å². The summed E-state index contributed by atoms with van der Waals surface area (Å²) in [6.07, 6.45) is 2.45. The van der Waals surface area contributed by atoms with Crippen molar-refractivity contribution in [1.82, 2.24) is 0 Å². The molecule has 1 atom stereocenters. The Morgan fingerprint density at radius 1 is 1.82 bits per heavy atom. The number of cyclic esters (lactones) is 2. The Hall–Kier alpha value is -1.19. The Kier molecular flexibility index (Phi) is 2.77. The van der Waals surface area contributed by atoms with Gasteiger partial charge in [0.1, 0.15) is 13.2 Å². The van der Waals surface area contributed by atoms with Crippen molar-refractivity contribution in [1.29, 1.82) is 0 Å². The van der Waals surface area contributed by atoms with Crippen LogP contribution in [0.2, 0.25) is 0 Å². The van der Waals surface area contributed by atoms with Crippen LogP contribution in [0.15, 0.2) is 12.3 Å². The summed E-state index contributed by atoms with van der Waals surface area (Å²) in [5.41, 5.74) is 0. The normalized spacial score (nSPS) is 23.4. The van der Waals surface area contributed by atoms with Crippen molar-refractivity contribution >= 4 is 6.16 Å². The van der Waals surface area contributed by atoms with Crippen molar-refractivity contribution in [2.45, 2.75) is 13.0 Å². The van der Waals surface area contributed by atoms with Crippen molar-refractivity contribution in [3.8, 4) is 0 Å². The molecule has 62 valence electrons. The van der Waals surface area contributed by atoms with Crippen LogP contribution in [-0.2, 0) is 14.2 Å². The average molecular weight is 158 g/mol. The number of rotatable bonds is 3. The number of ether oxygens (including phenoxy) is 3. The van der Waals surface area contributed by atoms with E-state index in [2.05, 4.69) is 9.47 Å². The van der Waals surface area contributed by atoms with E-state index in [1.807, 2.05) is 6.92 Å². The Bertz CT molecular complexity index is 164. The molecule has 0 aromatic heterocycles. The number of carbonyl (C=O) groups excluding carboxylic acids is 1. The van der Waals surface area contributed by atoms with Gasteiger partial charge in [0.25, 0.3) is 0 Å². The van der Waals surface area contributed by atoms with Gasteiger partial charge in [-0.15, -0.1) is 0 Å². The smallest absolute Gasteiger partial charge is 0.498 e. The van der Waals surface area contributed by atoms with Gasteiger partial charge in [0.2, 0.25) is 0 Å². The third-order valence-corrected chi connectivity index (χ3v) is 1.16. The first-order valence-corrected chi connectivity index (χ1v) is 3.39. The van der Waals surface area contributed by atoms with Gasteiger partial charge in [-0.2, -0.15) is 0 Å². The van der Waals surface area contributed by atoms with Crippen LogP contribution in [0.3, 0.4) is 0 Å². The maximum absolute atomic E-state index is 10.4. The summed E-state index contributed by atoms with van der Waals surface area (Å²) >= 11 is 0. The molecule has 4 heteroatoms. The number of carbonyl (C=O) groups is 1. The zero-order valence-electron chi connectivity index (χ0n) is 6.28. The lowest BCUT2D eigenvalue weighted by Crippen LogP contribution is -2.16. The molecule has 0 spiro atoms. The molecule has 0 N–H and O–H groups in total. The predicted octanol–water partition coefficient (Wildman–Crippen LogP) is 1.07. The molecule has 1 aliphatic heterocycles. The number of allylic oxidation sites excluding steroid dienone is 1. The van der Waals surface area contributed by atoms with E-state index in [1.54, 1.807) is 12.3 Å². The monoisotopic (exact) mass is 158 g/mol. The molecule has 1 aliphatic rings. The Labute approximate surface area is 64.7 Å². The van der Waals surface area contributed by atoms with Gasteiger partial charge >= 0.3 is 6.16 Å². The second-order valence-corrected chi connectivity index (χ2v) is 2.10. The number of hydrogen-bond acceptors (Lipinski definition) is 4. The molecular weight excluding hydrogens is 148 g/mol. The van der Waals surface area contributed by atoms with Gasteiger partial charge in [0.05, 0.1) is 6.26 Å². The maximum Gasteiger partial charge on any atom is 0.508 e. The molecule has 1 unspecified atom stereocenters. The molecule has 0 aromatic rings. The molecule has 1 heterocycles. The quantitative estimate of drug-likeness (QED) is 0.455. The van der Waals surface area contributed by atoms with Gasteiger partial charge in [-0.05, 0) is 6.92 Å². The van der Waals surface area contributed by atoms with Crippen LogP contribution in [0.25, 0.3) is 0 Å². The lowest BCUT2D eigenvalue weighted by molar-refractivity contribution is 0.0852. The summed E-state index contributed by atoms with van der Waals surface area (Å²) in [6.45, 7) is 2.49. The molecular formula is C7H10O4. The largest absolute Gasteiger partial charge is 0.508 e. The van der Waals surface area contributed by atoms with Crippen LogP contribution in [-0.4, -0.2) is 25.5 Å². The molecule has 11 heavy (non-hydrogen) atoms. The van der Waals surface area contributed by atoms with Gasteiger partial charge in [-0.1, -0.05) is 6.08 Å². The molecule has 1 saturated heterocycles. The minimum atomic E-state index is -0.612. The minimum Gasteiger partial charge on any atom is -0.498 e. The number of hydrogen-bond donors (Lipinski definition) is 0. The van der Waals surface area contributed by atoms with Crippen LogP contribution in [0.5, 0.6) is 0 Å². The Balaban J connectivity index is 2.13. The van der Waals surface area contributed by atoms with Crippen molar-refractivity contribution in [2.24, 2.45) is 0 Å². The van der Waals surface area contributed by atoms with Gasteiger partial charge in [0, 0.05) is 0 Å². The van der Waals surface area contributed by atoms with Gasteiger partial charge in [0.15, 0.2) is 6.10 Å². The van der Waals surface area contributed by atoms with Crippen LogP contribution in [0.1, 0.15) is 6.92 Å².